The minimum atomic E-state index is -3.68. The van der Waals surface area contributed by atoms with Gasteiger partial charge in [0.25, 0.3) is 0 Å². The van der Waals surface area contributed by atoms with Crippen molar-refractivity contribution in [3.8, 4) is 11.1 Å². The molecule has 6 rings (SSSR count). The third kappa shape index (κ3) is 8.13. The summed E-state index contributed by atoms with van der Waals surface area (Å²) < 4.78 is 41.7. The zero-order valence-corrected chi connectivity index (χ0v) is 28.4. The number of nitrogens with one attached hydrogen (secondary N) is 1. The highest BCUT2D eigenvalue weighted by molar-refractivity contribution is 7.99. The summed E-state index contributed by atoms with van der Waals surface area (Å²) in [4.78, 5) is 12.7. The number of hydrogen-bond acceptors (Lipinski definition) is 7. The first kappa shape index (κ1) is 34.6. The summed E-state index contributed by atoms with van der Waals surface area (Å²) in [5.41, 5.74) is 5.48. The van der Waals surface area contributed by atoms with E-state index in [-0.39, 0.29) is 41.7 Å². The van der Waals surface area contributed by atoms with Gasteiger partial charge in [0.15, 0.2) is 6.29 Å². The normalized spacial score (nSPS) is 19.4. The van der Waals surface area contributed by atoms with E-state index in [4.69, 9.17) is 9.47 Å². The molecular weight excluding hydrogens is 659 g/mol. The third-order valence-electron chi connectivity index (χ3n) is 8.66. The van der Waals surface area contributed by atoms with Crippen LogP contribution in [0.4, 0.5) is 0 Å². The van der Waals surface area contributed by atoms with E-state index >= 15 is 0 Å². The van der Waals surface area contributed by atoms with Crippen molar-refractivity contribution in [2.24, 2.45) is 5.92 Å². The van der Waals surface area contributed by atoms with E-state index in [2.05, 4.69) is 11.6 Å². The van der Waals surface area contributed by atoms with Crippen molar-refractivity contribution >= 4 is 27.8 Å². The molecule has 49 heavy (non-hydrogen) atoms. The number of carboxylic acids is 1. The Balaban J connectivity index is 1.23. The van der Waals surface area contributed by atoms with Crippen molar-refractivity contribution in [3.05, 3.63) is 155 Å². The standard InChI is InChI=1S/C39H37NO7S2/c1-26-35(25-48-36-14-8-7-13-34(36)38(42)43)46-39(47-37(26)29-17-15-27(24-41)16-18-29)30-21-19-28(20-22-30)33-12-6-5-9-31(33)23-40-49(44,45)32-10-3-2-4-11-32/h2-22,26,35,37,39-41H,23-25H2,1H3,(H,42,43)/t26-,35+,37+,39+/m1/s1. The van der Waals surface area contributed by atoms with Crippen LogP contribution in [0.15, 0.2) is 137 Å². The number of ether oxygens (including phenoxy) is 2. The van der Waals surface area contributed by atoms with Gasteiger partial charge in [-0.1, -0.05) is 110 Å². The van der Waals surface area contributed by atoms with Crippen LogP contribution in [0.25, 0.3) is 11.1 Å². The molecule has 1 saturated heterocycles. The van der Waals surface area contributed by atoms with Crippen LogP contribution in [0, 0.1) is 5.92 Å². The second-order valence-electron chi connectivity index (χ2n) is 11.9. The van der Waals surface area contributed by atoms with Crippen molar-refractivity contribution in [2.45, 2.75) is 48.4 Å². The maximum Gasteiger partial charge on any atom is 0.336 e. The van der Waals surface area contributed by atoms with E-state index in [1.54, 1.807) is 42.5 Å². The van der Waals surface area contributed by atoms with Crippen molar-refractivity contribution in [2.75, 3.05) is 5.75 Å². The van der Waals surface area contributed by atoms with Crippen molar-refractivity contribution in [1.82, 2.24) is 4.72 Å². The van der Waals surface area contributed by atoms with Gasteiger partial charge in [-0.05, 0) is 52.1 Å². The molecule has 0 unspecified atom stereocenters. The molecule has 4 atom stereocenters. The highest BCUT2D eigenvalue weighted by Crippen LogP contribution is 2.43. The van der Waals surface area contributed by atoms with Gasteiger partial charge in [0.1, 0.15) is 0 Å². The minimum absolute atomic E-state index is 0.0519. The topological polar surface area (TPSA) is 122 Å². The van der Waals surface area contributed by atoms with Gasteiger partial charge in [0.05, 0.1) is 29.3 Å². The van der Waals surface area contributed by atoms with Crippen LogP contribution in [0.2, 0.25) is 0 Å². The number of rotatable bonds is 12. The van der Waals surface area contributed by atoms with E-state index in [9.17, 15) is 23.4 Å². The Morgan fingerprint density at radius 3 is 2.16 bits per heavy atom. The van der Waals surface area contributed by atoms with Crippen LogP contribution in [0.5, 0.6) is 0 Å². The predicted octanol–water partition coefficient (Wildman–Crippen LogP) is 7.61. The molecule has 0 amide bonds. The molecule has 1 aliphatic heterocycles. The van der Waals surface area contributed by atoms with E-state index in [0.29, 0.717) is 10.6 Å². The Hall–Kier alpha value is -4.29. The number of carbonyl (C=O) groups is 1. The average Bonchev–Trinajstić information content (AvgIpc) is 3.14. The molecule has 252 valence electrons. The summed E-state index contributed by atoms with van der Waals surface area (Å²) in [6, 6.07) is 38.5. The molecule has 1 fully saturated rings. The highest BCUT2D eigenvalue weighted by Gasteiger charge is 2.38. The van der Waals surface area contributed by atoms with Crippen LogP contribution in [0.1, 0.15) is 51.9 Å². The van der Waals surface area contributed by atoms with Crippen molar-refractivity contribution in [3.63, 3.8) is 0 Å². The maximum atomic E-state index is 12.9. The molecule has 1 heterocycles. The van der Waals surface area contributed by atoms with Gasteiger partial charge in [0.2, 0.25) is 10.0 Å². The van der Waals surface area contributed by atoms with Crippen LogP contribution < -0.4 is 4.72 Å². The van der Waals surface area contributed by atoms with Crippen molar-refractivity contribution in [1.29, 1.82) is 0 Å². The van der Waals surface area contributed by atoms with Crippen LogP contribution in [-0.2, 0) is 32.6 Å². The van der Waals surface area contributed by atoms with E-state index in [0.717, 1.165) is 33.4 Å². The molecule has 0 spiro atoms. The van der Waals surface area contributed by atoms with Gasteiger partial charge in [-0.2, -0.15) is 0 Å². The first-order valence-corrected chi connectivity index (χ1v) is 18.4. The van der Waals surface area contributed by atoms with Gasteiger partial charge in [-0.3, -0.25) is 0 Å². The van der Waals surface area contributed by atoms with Gasteiger partial charge >= 0.3 is 5.97 Å². The molecule has 0 aromatic heterocycles. The highest BCUT2D eigenvalue weighted by atomic mass is 32.2. The fourth-order valence-corrected chi connectivity index (χ4v) is 8.12. The number of sulfonamides is 1. The lowest BCUT2D eigenvalue weighted by molar-refractivity contribution is -0.268. The number of aliphatic hydroxyl groups excluding tert-OH is 1. The quantitative estimate of drug-likeness (QED) is 0.114. The molecule has 5 aromatic carbocycles. The first-order chi connectivity index (χ1) is 23.7. The Labute approximate surface area is 290 Å². The molecule has 8 nitrogen and oxygen atoms in total. The number of hydrogen-bond donors (Lipinski definition) is 3. The van der Waals surface area contributed by atoms with Gasteiger partial charge in [-0.25, -0.2) is 17.9 Å². The number of aliphatic hydroxyl groups is 1. The van der Waals surface area contributed by atoms with Crippen LogP contribution in [-0.4, -0.2) is 36.5 Å². The second-order valence-corrected chi connectivity index (χ2v) is 14.7. The second kappa shape index (κ2) is 15.5. The largest absolute Gasteiger partial charge is 0.478 e. The minimum Gasteiger partial charge on any atom is -0.478 e. The molecule has 0 aliphatic carbocycles. The van der Waals surface area contributed by atoms with Crippen LogP contribution >= 0.6 is 11.8 Å². The summed E-state index contributed by atoms with van der Waals surface area (Å²) >= 11 is 1.45. The van der Waals surface area contributed by atoms with E-state index in [1.165, 1.54) is 11.8 Å². The summed E-state index contributed by atoms with van der Waals surface area (Å²) in [5.74, 6) is -0.522. The smallest absolute Gasteiger partial charge is 0.336 e. The summed E-state index contributed by atoms with van der Waals surface area (Å²) in [7, 11) is -3.68. The molecule has 5 aromatic rings. The summed E-state index contributed by atoms with van der Waals surface area (Å²) in [6.45, 7) is 2.15. The number of aromatic carboxylic acids is 1. The third-order valence-corrected chi connectivity index (χ3v) is 11.2. The fraction of sp³-hybridized carbons (Fsp3) is 0.205. The van der Waals surface area contributed by atoms with Gasteiger partial charge < -0.3 is 19.7 Å². The molecule has 3 N–H and O–H groups in total. The molecule has 0 radical (unpaired) electrons. The lowest BCUT2D eigenvalue weighted by Gasteiger charge is -2.41. The Morgan fingerprint density at radius 1 is 0.796 bits per heavy atom. The van der Waals surface area contributed by atoms with Crippen molar-refractivity contribution < 1.29 is 32.9 Å². The fourth-order valence-electron chi connectivity index (χ4n) is 5.88. The molecule has 0 bridgehead atoms. The Bertz CT molecular complexity index is 1980. The lowest BCUT2D eigenvalue weighted by atomic mass is 9.91. The van der Waals surface area contributed by atoms with Crippen LogP contribution in [0.3, 0.4) is 0 Å². The van der Waals surface area contributed by atoms with E-state index < -0.39 is 22.3 Å². The number of benzene rings is 5. The number of carboxylic acid groups (broad SMARTS) is 1. The SMILES string of the molecule is C[C@@H]1[C@H](CSc2ccccc2C(=O)O)O[C@H](c2ccc(-c3ccccc3CNS(=O)(=O)c3ccccc3)cc2)O[C@@H]1c1ccc(CO)cc1. The summed E-state index contributed by atoms with van der Waals surface area (Å²) in [5, 5.41) is 19.3. The van der Waals surface area contributed by atoms with Gasteiger partial charge in [-0.15, -0.1) is 11.8 Å². The molecule has 10 heteroatoms. The molecular formula is C39H37NO7S2. The number of thioether (sulfide) groups is 1. The lowest BCUT2D eigenvalue weighted by Crippen LogP contribution is -2.38. The Kier molecular flexibility index (Phi) is 10.9. The average molecular weight is 696 g/mol. The molecule has 0 saturated carbocycles. The zero-order valence-electron chi connectivity index (χ0n) is 26.8. The van der Waals surface area contributed by atoms with Gasteiger partial charge in [0, 0.05) is 28.7 Å². The Morgan fingerprint density at radius 2 is 1.45 bits per heavy atom. The zero-order chi connectivity index (χ0) is 34.4. The predicted molar refractivity (Wildman–Crippen MR) is 189 cm³/mol. The molecule has 1 aliphatic rings. The van der Waals surface area contributed by atoms with E-state index in [1.807, 2.05) is 84.9 Å². The monoisotopic (exact) mass is 695 g/mol. The maximum absolute atomic E-state index is 12.9. The summed E-state index contributed by atoms with van der Waals surface area (Å²) in [6.07, 6.45) is -1.28. The first-order valence-electron chi connectivity index (χ1n) is 15.9.